The lowest BCUT2D eigenvalue weighted by Gasteiger charge is -2.32. The first-order chi connectivity index (χ1) is 23.7. The van der Waals surface area contributed by atoms with Gasteiger partial charge in [-0.2, -0.15) is 0 Å². The fourth-order valence-electron chi connectivity index (χ4n) is 5.99. The molecule has 4 aromatic rings. The van der Waals surface area contributed by atoms with Gasteiger partial charge in [-0.25, -0.2) is 14.8 Å². The highest BCUT2D eigenvalue weighted by Crippen LogP contribution is 2.41. The highest BCUT2D eigenvalue weighted by Gasteiger charge is 2.27. The summed E-state index contributed by atoms with van der Waals surface area (Å²) in [5, 5.41) is 3.55. The van der Waals surface area contributed by atoms with Crippen LogP contribution in [0.5, 0.6) is 23.0 Å². The van der Waals surface area contributed by atoms with Crippen LogP contribution in [0.2, 0.25) is 0 Å². The maximum Gasteiger partial charge on any atom is 0.421 e. The number of rotatable bonds is 14. The molecule has 260 valence electrons. The molecule has 1 fully saturated rings. The number of aryl methyl sites for hydroxylation is 3. The molecule has 2 aromatic heterocycles. The van der Waals surface area contributed by atoms with Crippen LogP contribution in [0.15, 0.2) is 67.3 Å². The molecule has 5 rings (SSSR count). The number of carbonyl (C=O) groups is 1. The average Bonchev–Trinajstić information content (AvgIpc) is 3.11. The van der Waals surface area contributed by atoms with Crippen molar-refractivity contribution in [2.24, 2.45) is 0 Å². The molecular formula is C37H47N7O5. The summed E-state index contributed by atoms with van der Waals surface area (Å²) in [5.74, 6) is 2.50. The molecule has 12 nitrogen and oxygen atoms in total. The van der Waals surface area contributed by atoms with Crippen LogP contribution in [0.3, 0.4) is 0 Å². The van der Waals surface area contributed by atoms with Gasteiger partial charge in [0.2, 0.25) is 5.75 Å². The Morgan fingerprint density at radius 2 is 1.63 bits per heavy atom. The van der Waals surface area contributed by atoms with Gasteiger partial charge in [0.1, 0.15) is 17.9 Å². The Kier molecular flexibility index (Phi) is 12.2. The zero-order valence-electron chi connectivity index (χ0n) is 29.3. The van der Waals surface area contributed by atoms with Crippen molar-refractivity contribution in [3.63, 3.8) is 0 Å². The van der Waals surface area contributed by atoms with Crippen molar-refractivity contribution in [1.29, 1.82) is 0 Å². The molecule has 3 heterocycles. The summed E-state index contributed by atoms with van der Waals surface area (Å²) in [6.45, 7) is 11.8. The van der Waals surface area contributed by atoms with Crippen molar-refractivity contribution < 1.29 is 23.7 Å². The van der Waals surface area contributed by atoms with Crippen LogP contribution < -0.4 is 29.2 Å². The molecule has 1 N–H and O–H groups in total. The smallest absolute Gasteiger partial charge is 0.421 e. The second kappa shape index (κ2) is 16.9. The minimum absolute atomic E-state index is 0.131. The monoisotopic (exact) mass is 669 g/mol. The Hall–Kier alpha value is -4.94. The Morgan fingerprint density at radius 3 is 2.24 bits per heavy atom. The molecule has 1 amide bonds. The van der Waals surface area contributed by atoms with Crippen LogP contribution in [0, 0.1) is 20.8 Å². The Labute approximate surface area is 289 Å². The number of likely N-dealkylation sites (N-methyl/N-ethyl adjacent to an activating group) is 1. The van der Waals surface area contributed by atoms with Crippen molar-refractivity contribution in [2.45, 2.75) is 33.2 Å². The van der Waals surface area contributed by atoms with Gasteiger partial charge >= 0.3 is 6.09 Å². The normalized spacial score (nSPS) is 14.2. The third-order valence-electron chi connectivity index (χ3n) is 8.53. The highest BCUT2D eigenvalue weighted by atomic mass is 16.6. The standard InChI is InChI=1S/C37H47N7O5/c1-26-20-27(2)35(28(3)21-26)49-37(45)44(34-11-13-38-25-40-34)24-31(30-10-7-8-12-39-30)41-29-22-32(46-5)36(33(23-29)47-6)48-19-9-14-43-17-15-42(4)16-18-43/h7-8,10-13,20-23,25,31,41H,9,14-19,24H2,1-6H3. The number of amides is 1. The highest BCUT2D eigenvalue weighted by molar-refractivity contribution is 5.88. The van der Waals surface area contributed by atoms with Gasteiger partial charge in [0.25, 0.3) is 0 Å². The minimum atomic E-state index is -0.577. The molecule has 0 spiro atoms. The number of hydrogen-bond acceptors (Lipinski definition) is 11. The first-order valence-corrected chi connectivity index (χ1v) is 16.6. The second-order valence-corrected chi connectivity index (χ2v) is 12.3. The van der Waals surface area contributed by atoms with Crippen LogP contribution in [0.4, 0.5) is 16.3 Å². The Morgan fingerprint density at radius 1 is 0.918 bits per heavy atom. The molecule has 0 bridgehead atoms. The van der Waals surface area contributed by atoms with Crippen LogP contribution in [0.25, 0.3) is 0 Å². The number of carbonyl (C=O) groups excluding carboxylic acids is 1. The number of methoxy groups -OCH3 is 2. The lowest BCUT2D eigenvalue weighted by molar-refractivity contribution is 0.144. The van der Waals surface area contributed by atoms with E-state index in [1.54, 1.807) is 32.7 Å². The zero-order chi connectivity index (χ0) is 34.8. The third-order valence-corrected chi connectivity index (χ3v) is 8.53. The molecule has 1 atom stereocenters. The summed E-state index contributed by atoms with van der Waals surface area (Å²) in [7, 11) is 5.37. The Balaban J connectivity index is 1.38. The summed E-state index contributed by atoms with van der Waals surface area (Å²) < 4.78 is 23.8. The number of nitrogens with zero attached hydrogens (tertiary/aromatic N) is 6. The van der Waals surface area contributed by atoms with E-state index in [4.69, 9.17) is 18.9 Å². The number of nitrogens with one attached hydrogen (secondary N) is 1. The van der Waals surface area contributed by atoms with E-state index in [0.29, 0.717) is 46.8 Å². The van der Waals surface area contributed by atoms with E-state index in [1.165, 1.54) is 11.2 Å². The molecular weight excluding hydrogens is 622 g/mol. The Bertz CT molecular complexity index is 1620. The van der Waals surface area contributed by atoms with Gasteiger partial charge in [0, 0.05) is 62.9 Å². The van der Waals surface area contributed by atoms with Crippen LogP contribution in [0.1, 0.15) is 34.8 Å². The maximum absolute atomic E-state index is 13.9. The first kappa shape index (κ1) is 35.4. The SMILES string of the molecule is COc1cc(NC(CN(C(=O)Oc2c(C)cc(C)cc2C)c2ccncn2)c2ccccn2)cc(OC)c1OCCCN1CCN(C)CC1. The summed E-state index contributed by atoms with van der Waals surface area (Å²) in [4.78, 5) is 33.3. The first-order valence-electron chi connectivity index (χ1n) is 16.6. The van der Waals surface area contributed by atoms with E-state index in [-0.39, 0.29) is 6.54 Å². The molecule has 2 aromatic carbocycles. The number of benzene rings is 2. The fourth-order valence-corrected chi connectivity index (χ4v) is 5.99. The van der Waals surface area contributed by atoms with Crippen molar-refractivity contribution >= 4 is 17.6 Å². The molecule has 1 aliphatic heterocycles. The van der Waals surface area contributed by atoms with E-state index in [1.807, 2.05) is 63.2 Å². The van der Waals surface area contributed by atoms with Crippen molar-refractivity contribution in [3.8, 4) is 23.0 Å². The molecule has 0 aliphatic carbocycles. The molecule has 1 aliphatic rings. The molecule has 1 saturated heterocycles. The number of aromatic nitrogens is 3. The minimum Gasteiger partial charge on any atom is -0.493 e. The van der Waals surface area contributed by atoms with Crippen molar-refractivity contribution in [2.75, 3.05) is 77.4 Å². The van der Waals surface area contributed by atoms with Crippen LogP contribution in [-0.2, 0) is 0 Å². The van der Waals surface area contributed by atoms with Crippen molar-refractivity contribution in [1.82, 2.24) is 24.8 Å². The quantitative estimate of drug-likeness (QED) is 0.167. The van der Waals surface area contributed by atoms with Gasteiger partial charge in [0.05, 0.1) is 39.1 Å². The van der Waals surface area contributed by atoms with Crippen LogP contribution >= 0.6 is 0 Å². The third kappa shape index (κ3) is 9.36. The molecule has 1 unspecified atom stereocenters. The summed E-state index contributed by atoms with van der Waals surface area (Å²) in [5.41, 5.74) is 4.23. The maximum atomic E-state index is 13.9. The lowest BCUT2D eigenvalue weighted by atomic mass is 10.1. The van der Waals surface area contributed by atoms with Gasteiger partial charge < -0.3 is 34.1 Å². The van der Waals surface area contributed by atoms with E-state index < -0.39 is 12.1 Å². The predicted molar refractivity (Wildman–Crippen MR) is 190 cm³/mol. The van der Waals surface area contributed by atoms with E-state index in [9.17, 15) is 4.79 Å². The predicted octanol–water partition coefficient (Wildman–Crippen LogP) is 5.69. The number of pyridine rings is 1. The molecule has 0 saturated carbocycles. The van der Waals surface area contributed by atoms with Gasteiger partial charge in [0.15, 0.2) is 11.5 Å². The van der Waals surface area contributed by atoms with Crippen LogP contribution in [-0.4, -0.2) is 98.0 Å². The van der Waals surface area contributed by atoms with E-state index >= 15 is 0 Å². The van der Waals surface area contributed by atoms with Gasteiger partial charge in [-0.3, -0.25) is 9.88 Å². The lowest BCUT2D eigenvalue weighted by Crippen LogP contribution is -2.44. The average molecular weight is 670 g/mol. The number of anilines is 2. The molecule has 49 heavy (non-hydrogen) atoms. The summed E-state index contributed by atoms with van der Waals surface area (Å²) in [6.07, 6.45) is 5.02. The zero-order valence-corrected chi connectivity index (χ0v) is 29.3. The number of ether oxygens (including phenoxy) is 4. The topological polar surface area (TPSA) is 114 Å². The summed E-state index contributed by atoms with van der Waals surface area (Å²) >= 11 is 0. The summed E-state index contributed by atoms with van der Waals surface area (Å²) in [6, 6.07) is 14.5. The van der Waals surface area contributed by atoms with Gasteiger partial charge in [-0.1, -0.05) is 23.8 Å². The molecule has 12 heteroatoms. The number of piperazine rings is 1. The van der Waals surface area contributed by atoms with Crippen molar-refractivity contribution in [3.05, 3.63) is 89.6 Å². The van der Waals surface area contributed by atoms with Gasteiger partial charge in [-0.15, -0.1) is 0 Å². The van der Waals surface area contributed by atoms with E-state index in [2.05, 4.69) is 37.1 Å². The van der Waals surface area contributed by atoms with Gasteiger partial charge in [-0.05, 0) is 63.6 Å². The number of hydrogen-bond donors (Lipinski definition) is 1. The second-order valence-electron chi connectivity index (χ2n) is 12.3. The largest absolute Gasteiger partial charge is 0.493 e. The fraction of sp³-hybridized carbons (Fsp3) is 0.405. The van der Waals surface area contributed by atoms with E-state index in [0.717, 1.165) is 55.8 Å². The molecule has 0 radical (unpaired) electrons.